The van der Waals surface area contributed by atoms with Crippen LogP contribution in [0.3, 0.4) is 0 Å². The van der Waals surface area contributed by atoms with Gasteiger partial charge >= 0.3 is 5.97 Å². The minimum absolute atomic E-state index is 0.0347. The average molecular weight is 257 g/mol. The van der Waals surface area contributed by atoms with Crippen LogP contribution in [0.2, 0.25) is 0 Å². The molecule has 0 saturated carbocycles. The van der Waals surface area contributed by atoms with Gasteiger partial charge in [-0.15, -0.1) is 0 Å². The molecule has 0 bridgehead atoms. The molecule has 17 heavy (non-hydrogen) atoms. The van der Waals surface area contributed by atoms with Crippen molar-refractivity contribution in [3.8, 4) is 0 Å². The monoisotopic (exact) mass is 257 g/mol. The predicted octanol–water partition coefficient (Wildman–Crippen LogP) is 1.70. The molecule has 0 atom stereocenters. The van der Waals surface area contributed by atoms with Crippen LogP contribution < -0.4 is 5.73 Å². The third-order valence-electron chi connectivity index (χ3n) is 2.67. The van der Waals surface area contributed by atoms with E-state index < -0.39 is 5.97 Å². The lowest BCUT2D eigenvalue weighted by molar-refractivity contribution is 0.0595. The number of rotatable bonds is 4. The van der Waals surface area contributed by atoms with Crippen LogP contribution in [-0.4, -0.2) is 33.6 Å². The van der Waals surface area contributed by atoms with E-state index in [1.54, 1.807) is 11.8 Å². The van der Waals surface area contributed by atoms with Crippen molar-refractivity contribution >= 4 is 23.5 Å². The second-order valence-electron chi connectivity index (χ2n) is 4.43. The van der Waals surface area contributed by atoms with Gasteiger partial charge in [0.25, 0.3) is 0 Å². The summed E-state index contributed by atoms with van der Waals surface area (Å²) in [5.74, 6) is 0.604. The summed E-state index contributed by atoms with van der Waals surface area (Å²) in [5.41, 5.74) is 6.13. The number of nitrogen functional groups attached to an aromatic ring is 1. The van der Waals surface area contributed by atoms with Gasteiger partial charge in [-0.3, -0.25) is 0 Å². The fourth-order valence-corrected chi connectivity index (χ4v) is 1.73. The van der Waals surface area contributed by atoms with Crippen LogP contribution in [0, 0.1) is 6.92 Å². The molecule has 1 rings (SSSR count). The lowest BCUT2D eigenvalue weighted by Gasteiger charge is -2.23. The Balaban J connectivity index is 3.10. The third kappa shape index (κ3) is 2.94. The predicted molar refractivity (Wildman–Crippen MR) is 70.3 cm³/mol. The molecule has 1 heterocycles. The van der Waals surface area contributed by atoms with E-state index in [4.69, 9.17) is 5.73 Å². The second-order valence-corrected chi connectivity index (χ2v) is 5.95. The largest absolute Gasteiger partial charge is 0.464 e. The van der Waals surface area contributed by atoms with Gasteiger partial charge in [0.1, 0.15) is 11.6 Å². The molecule has 5 nitrogen and oxygen atoms in total. The molecule has 0 saturated heterocycles. The first-order valence-corrected chi connectivity index (χ1v) is 6.51. The van der Waals surface area contributed by atoms with Crippen LogP contribution in [0.25, 0.3) is 0 Å². The summed E-state index contributed by atoms with van der Waals surface area (Å²) in [7, 11) is 1.32. The quantitative estimate of drug-likeness (QED) is 0.831. The van der Waals surface area contributed by atoms with E-state index in [1.807, 2.05) is 17.7 Å². The number of ether oxygens (including phenoxy) is 1. The Morgan fingerprint density at radius 1 is 1.59 bits per heavy atom. The van der Waals surface area contributed by atoms with Crippen molar-refractivity contribution < 1.29 is 9.53 Å². The third-order valence-corrected chi connectivity index (χ3v) is 3.90. The fraction of sp³-hybridized carbons (Fsp3) is 0.636. The van der Waals surface area contributed by atoms with Crippen molar-refractivity contribution in [3.63, 3.8) is 0 Å². The molecule has 0 amide bonds. The first-order valence-electron chi connectivity index (χ1n) is 5.28. The number of esters is 1. The van der Waals surface area contributed by atoms with Crippen LogP contribution in [0.15, 0.2) is 0 Å². The van der Waals surface area contributed by atoms with E-state index in [0.29, 0.717) is 12.4 Å². The average Bonchev–Trinajstić information content (AvgIpc) is 2.56. The van der Waals surface area contributed by atoms with Gasteiger partial charge in [0.2, 0.25) is 0 Å². The van der Waals surface area contributed by atoms with Crippen molar-refractivity contribution in [2.75, 3.05) is 19.1 Å². The van der Waals surface area contributed by atoms with Crippen LogP contribution >= 0.6 is 11.8 Å². The van der Waals surface area contributed by atoms with E-state index in [0.717, 1.165) is 5.82 Å². The SMILES string of the molecule is COC(=O)c1nc(C)n(CC(C)(C)SC)c1N. The summed E-state index contributed by atoms with van der Waals surface area (Å²) >= 11 is 1.74. The number of thioether (sulfide) groups is 1. The smallest absolute Gasteiger partial charge is 0.360 e. The standard InChI is InChI=1S/C11H19N3O2S/c1-7-13-8(10(15)16-4)9(12)14(7)6-11(2,3)17-5/h6,12H2,1-5H3. The summed E-state index contributed by atoms with van der Waals surface area (Å²) in [6.07, 6.45) is 2.05. The molecule has 0 radical (unpaired) electrons. The van der Waals surface area contributed by atoms with Gasteiger partial charge in [0, 0.05) is 11.3 Å². The number of hydrogen-bond donors (Lipinski definition) is 1. The zero-order chi connectivity index (χ0) is 13.2. The van der Waals surface area contributed by atoms with E-state index in [1.165, 1.54) is 7.11 Å². The molecule has 0 aliphatic carbocycles. The first kappa shape index (κ1) is 13.9. The van der Waals surface area contributed by atoms with Gasteiger partial charge in [0.05, 0.1) is 7.11 Å². The van der Waals surface area contributed by atoms with Gasteiger partial charge in [-0.1, -0.05) is 0 Å². The highest BCUT2D eigenvalue weighted by Gasteiger charge is 2.24. The Kier molecular flexibility index (Phi) is 4.08. The minimum atomic E-state index is -0.494. The number of carbonyl (C=O) groups is 1. The molecule has 1 aromatic heterocycles. The van der Waals surface area contributed by atoms with Crippen LogP contribution in [0.1, 0.15) is 30.2 Å². The Hall–Kier alpha value is -1.17. The summed E-state index contributed by atoms with van der Waals surface area (Å²) in [4.78, 5) is 15.6. The molecule has 0 fully saturated rings. The van der Waals surface area contributed by atoms with E-state index in [-0.39, 0.29) is 10.4 Å². The maximum Gasteiger partial charge on any atom is 0.360 e. The number of nitrogens with zero attached hydrogens (tertiary/aromatic N) is 2. The molecule has 0 spiro atoms. The highest BCUT2D eigenvalue weighted by Crippen LogP contribution is 2.26. The number of aromatic nitrogens is 2. The van der Waals surface area contributed by atoms with Crippen molar-refractivity contribution in [2.45, 2.75) is 32.1 Å². The van der Waals surface area contributed by atoms with Gasteiger partial charge in [-0.25, -0.2) is 9.78 Å². The number of aryl methyl sites for hydroxylation is 1. The maximum absolute atomic E-state index is 11.5. The van der Waals surface area contributed by atoms with Gasteiger partial charge in [0.15, 0.2) is 5.69 Å². The highest BCUT2D eigenvalue weighted by molar-refractivity contribution is 7.99. The molecular formula is C11H19N3O2S. The van der Waals surface area contributed by atoms with Crippen LogP contribution in [-0.2, 0) is 11.3 Å². The molecule has 0 aliphatic heterocycles. The molecule has 2 N–H and O–H groups in total. The number of methoxy groups -OCH3 is 1. The summed E-state index contributed by atoms with van der Waals surface area (Å²) < 4.78 is 6.53. The van der Waals surface area contributed by atoms with Gasteiger partial charge < -0.3 is 15.0 Å². The number of hydrogen-bond acceptors (Lipinski definition) is 5. The van der Waals surface area contributed by atoms with Crippen LogP contribution in [0.4, 0.5) is 5.82 Å². The summed E-state index contributed by atoms with van der Waals surface area (Å²) in [5, 5.41) is 0. The number of anilines is 1. The lowest BCUT2D eigenvalue weighted by Crippen LogP contribution is -2.24. The first-order chi connectivity index (χ1) is 7.82. The van der Waals surface area contributed by atoms with Crippen molar-refractivity contribution in [2.24, 2.45) is 0 Å². The number of carbonyl (C=O) groups excluding carboxylic acids is 1. The number of imidazole rings is 1. The van der Waals surface area contributed by atoms with E-state index in [9.17, 15) is 4.79 Å². The second kappa shape index (κ2) is 5.00. The van der Waals surface area contributed by atoms with Crippen molar-refractivity contribution in [1.29, 1.82) is 0 Å². The molecule has 0 unspecified atom stereocenters. The van der Waals surface area contributed by atoms with Gasteiger partial charge in [-0.2, -0.15) is 11.8 Å². The Labute approximate surface area is 106 Å². The summed E-state index contributed by atoms with van der Waals surface area (Å²) in [6, 6.07) is 0. The lowest BCUT2D eigenvalue weighted by atomic mass is 10.2. The fourth-order valence-electron chi connectivity index (χ4n) is 1.47. The van der Waals surface area contributed by atoms with E-state index >= 15 is 0 Å². The van der Waals surface area contributed by atoms with Crippen molar-refractivity contribution in [3.05, 3.63) is 11.5 Å². The topological polar surface area (TPSA) is 70.1 Å². The maximum atomic E-state index is 11.5. The zero-order valence-electron chi connectivity index (χ0n) is 10.9. The molecule has 0 aliphatic rings. The molecule has 96 valence electrons. The van der Waals surface area contributed by atoms with E-state index in [2.05, 4.69) is 23.6 Å². The normalized spacial score (nSPS) is 11.6. The molecule has 6 heteroatoms. The Morgan fingerprint density at radius 3 is 2.65 bits per heavy atom. The molecule has 1 aromatic rings. The Morgan fingerprint density at radius 2 is 2.18 bits per heavy atom. The molecular weight excluding hydrogens is 238 g/mol. The summed E-state index contributed by atoms with van der Waals surface area (Å²) in [6.45, 7) is 6.78. The van der Waals surface area contributed by atoms with Gasteiger partial charge in [-0.05, 0) is 27.0 Å². The zero-order valence-corrected chi connectivity index (χ0v) is 11.7. The molecule has 0 aromatic carbocycles. The minimum Gasteiger partial charge on any atom is -0.464 e. The number of nitrogens with two attached hydrogens (primary N) is 1. The Bertz CT molecular complexity index is 427. The highest BCUT2D eigenvalue weighted by atomic mass is 32.2. The van der Waals surface area contributed by atoms with Crippen LogP contribution in [0.5, 0.6) is 0 Å². The van der Waals surface area contributed by atoms with Crippen molar-refractivity contribution in [1.82, 2.24) is 9.55 Å².